The summed E-state index contributed by atoms with van der Waals surface area (Å²) < 4.78 is 4.59. The average molecular weight is 504 g/mol. The maximum absolute atomic E-state index is 12.1. The average Bonchev–Trinajstić information content (AvgIpc) is 3.17. The summed E-state index contributed by atoms with van der Waals surface area (Å²) in [7, 11) is 0. The van der Waals surface area contributed by atoms with E-state index in [1.807, 2.05) is 11.6 Å². The highest BCUT2D eigenvalue weighted by molar-refractivity contribution is 14.1. The molecule has 2 aromatic heterocycles. The first kappa shape index (κ1) is 19.2. The number of aryl methyl sites for hydroxylation is 1. The number of rotatable bonds is 6. The first-order chi connectivity index (χ1) is 12.4. The van der Waals surface area contributed by atoms with E-state index in [4.69, 9.17) is 23.2 Å². The smallest absolute Gasteiger partial charge is 0.227 e. The highest BCUT2D eigenvalue weighted by atomic mass is 127. The molecule has 136 valence electrons. The van der Waals surface area contributed by atoms with E-state index in [9.17, 15) is 4.79 Å². The van der Waals surface area contributed by atoms with Crippen molar-refractivity contribution in [3.05, 3.63) is 61.5 Å². The van der Waals surface area contributed by atoms with E-state index in [0.29, 0.717) is 35.4 Å². The number of aromatic nitrogens is 4. The summed E-state index contributed by atoms with van der Waals surface area (Å²) in [6, 6.07) is 7.11. The number of hydrogen-bond acceptors (Lipinski definition) is 3. The van der Waals surface area contributed by atoms with E-state index in [2.05, 4.69) is 38.1 Å². The second-order valence-electron chi connectivity index (χ2n) is 5.70. The number of hydrogen-bond donors (Lipinski definition) is 1. The Bertz CT molecular complexity index is 917. The Morgan fingerprint density at radius 2 is 2.00 bits per heavy atom. The van der Waals surface area contributed by atoms with Crippen molar-refractivity contribution in [3.63, 3.8) is 0 Å². The summed E-state index contributed by atoms with van der Waals surface area (Å²) in [5, 5.41) is 12.6. The van der Waals surface area contributed by atoms with Crippen LogP contribution in [0.25, 0.3) is 0 Å². The van der Waals surface area contributed by atoms with Gasteiger partial charge >= 0.3 is 0 Å². The van der Waals surface area contributed by atoms with E-state index in [0.717, 1.165) is 14.8 Å². The minimum atomic E-state index is -0.115. The van der Waals surface area contributed by atoms with Gasteiger partial charge in [-0.3, -0.25) is 14.2 Å². The molecule has 3 rings (SSSR count). The predicted molar refractivity (Wildman–Crippen MR) is 111 cm³/mol. The number of carbonyl (C=O) groups excluding carboxylic acids is 1. The number of halogens is 3. The van der Waals surface area contributed by atoms with Crippen molar-refractivity contribution in [2.75, 3.05) is 5.32 Å². The van der Waals surface area contributed by atoms with Crippen molar-refractivity contribution in [3.8, 4) is 0 Å². The lowest BCUT2D eigenvalue weighted by molar-refractivity contribution is -0.116. The summed E-state index contributed by atoms with van der Waals surface area (Å²) in [5.74, 6) is 0.376. The minimum absolute atomic E-state index is 0.115. The van der Waals surface area contributed by atoms with Crippen molar-refractivity contribution >= 4 is 57.5 Å². The Morgan fingerprint density at radius 1 is 1.27 bits per heavy atom. The Morgan fingerprint density at radius 3 is 2.65 bits per heavy atom. The second-order valence-corrected chi connectivity index (χ2v) is 7.67. The fourth-order valence-electron chi connectivity index (χ4n) is 2.42. The molecule has 1 aromatic carbocycles. The molecule has 1 amide bonds. The van der Waals surface area contributed by atoms with Crippen molar-refractivity contribution in [1.82, 2.24) is 19.6 Å². The maximum Gasteiger partial charge on any atom is 0.227 e. The number of nitrogens with one attached hydrogen (secondary N) is 1. The quantitative estimate of drug-likeness (QED) is 0.508. The summed E-state index contributed by atoms with van der Waals surface area (Å²) in [4.78, 5) is 12.1. The van der Waals surface area contributed by atoms with E-state index < -0.39 is 0 Å². The molecular weight excluding hydrogens is 488 g/mol. The normalized spacial score (nSPS) is 10.9. The van der Waals surface area contributed by atoms with Gasteiger partial charge in [-0.05, 0) is 41.6 Å². The van der Waals surface area contributed by atoms with Crippen molar-refractivity contribution < 1.29 is 4.79 Å². The molecule has 0 bridgehead atoms. The van der Waals surface area contributed by atoms with Crippen LogP contribution in [0, 0.1) is 10.5 Å². The van der Waals surface area contributed by atoms with Crippen LogP contribution in [0.2, 0.25) is 10.0 Å². The highest BCUT2D eigenvalue weighted by Gasteiger charge is 2.10. The van der Waals surface area contributed by atoms with Crippen LogP contribution < -0.4 is 5.32 Å². The van der Waals surface area contributed by atoms with Gasteiger partial charge in [-0.25, -0.2) is 0 Å². The van der Waals surface area contributed by atoms with Crippen LogP contribution >= 0.6 is 45.8 Å². The van der Waals surface area contributed by atoms with Gasteiger partial charge in [0.1, 0.15) is 0 Å². The van der Waals surface area contributed by atoms with Gasteiger partial charge in [0.25, 0.3) is 0 Å². The standard InChI is InChI=1S/C17H16Cl2IN5O/c1-11-15(20)9-21-25(11)8-6-17(26)22-16-5-7-24(23-16)10-12-13(18)3-2-4-14(12)19/h2-5,7,9H,6,8,10H2,1H3,(H,22,23,26). The molecule has 0 saturated carbocycles. The summed E-state index contributed by atoms with van der Waals surface area (Å²) in [6.07, 6.45) is 3.88. The van der Waals surface area contributed by atoms with Gasteiger partial charge in [0.2, 0.25) is 5.91 Å². The predicted octanol–water partition coefficient (Wildman–Crippen LogP) is 4.38. The van der Waals surface area contributed by atoms with Crippen molar-refractivity contribution in [2.24, 2.45) is 0 Å². The molecule has 0 aliphatic rings. The molecular formula is C17H16Cl2IN5O. The maximum atomic E-state index is 12.1. The van der Waals surface area contributed by atoms with E-state index in [1.54, 1.807) is 41.3 Å². The lowest BCUT2D eigenvalue weighted by Gasteiger charge is -2.07. The van der Waals surface area contributed by atoms with Gasteiger partial charge in [-0.2, -0.15) is 10.2 Å². The molecule has 3 aromatic rings. The lowest BCUT2D eigenvalue weighted by atomic mass is 10.2. The van der Waals surface area contributed by atoms with Crippen molar-refractivity contribution in [1.29, 1.82) is 0 Å². The number of carbonyl (C=O) groups is 1. The van der Waals surface area contributed by atoms with Gasteiger partial charge in [-0.1, -0.05) is 29.3 Å². The molecule has 0 fully saturated rings. The number of amides is 1. The third kappa shape index (κ3) is 4.57. The Balaban J connectivity index is 1.58. The fourth-order valence-corrected chi connectivity index (χ4v) is 3.34. The molecule has 2 heterocycles. The summed E-state index contributed by atoms with van der Waals surface area (Å²) >= 11 is 14.6. The zero-order valence-corrected chi connectivity index (χ0v) is 17.6. The van der Waals surface area contributed by atoms with E-state index >= 15 is 0 Å². The number of nitrogens with zero attached hydrogens (tertiary/aromatic N) is 4. The Kier molecular flexibility index (Phi) is 6.20. The minimum Gasteiger partial charge on any atom is -0.309 e. The highest BCUT2D eigenvalue weighted by Crippen LogP contribution is 2.25. The van der Waals surface area contributed by atoms with Crippen LogP contribution in [0.1, 0.15) is 17.7 Å². The first-order valence-corrected chi connectivity index (χ1v) is 9.71. The molecule has 6 nitrogen and oxygen atoms in total. The SMILES string of the molecule is Cc1c(I)cnn1CCC(=O)Nc1ccn(Cc2c(Cl)cccc2Cl)n1. The fraction of sp³-hybridized carbons (Fsp3) is 0.235. The molecule has 9 heteroatoms. The van der Waals surface area contributed by atoms with Gasteiger partial charge < -0.3 is 5.32 Å². The topological polar surface area (TPSA) is 64.7 Å². The van der Waals surface area contributed by atoms with E-state index in [-0.39, 0.29) is 5.91 Å². The van der Waals surface area contributed by atoms with Gasteiger partial charge in [0, 0.05) is 40.0 Å². The summed E-state index contributed by atoms with van der Waals surface area (Å²) in [5.41, 5.74) is 1.85. The van der Waals surface area contributed by atoms with E-state index in [1.165, 1.54) is 0 Å². The molecule has 26 heavy (non-hydrogen) atoms. The lowest BCUT2D eigenvalue weighted by Crippen LogP contribution is -2.16. The third-order valence-corrected chi connectivity index (χ3v) is 5.65. The second kappa shape index (κ2) is 8.41. The Hall–Kier alpha value is -1.58. The largest absolute Gasteiger partial charge is 0.309 e. The number of benzene rings is 1. The molecule has 0 saturated heterocycles. The molecule has 0 radical (unpaired) electrons. The van der Waals surface area contributed by atoms with Crippen LogP contribution in [-0.4, -0.2) is 25.5 Å². The molecule has 0 spiro atoms. The first-order valence-electron chi connectivity index (χ1n) is 7.88. The van der Waals surface area contributed by atoms with Gasteiger partial charge in [0.15, 0.2) is 5.82 Å². The zero-order valence-electron chi connectivity index (χ0n) is 13.9. The molecule has 0 atom stereocenters. The van der Waals surface area contributed by atoms with Crippen LogP contribution in [0.15, 0.2) is 36.7 Å². The molecule has 0 unspecified atom stereocenters. The molecule has 0 aliphatic heterocycles. The summed E-state index contributed by atoms with van der Waals surface area (Å²) in [6.45, 7) is 2.93. The third-order valence-electron chi connectivity index (χ3n) is 3.88. The molecule has 0 aliphatic carbocycles. The molecule has 1 N–H and O–H groups in total. The Labute approximate surface area is 174 Å². The van der Waals surface area contributed by atoms with Crippen molar-refractivity contribution in [2.45, 2.75) is 26.4 Å². The monoisotopic (exact) mass is 503 g/mol. The zero-order chi connectivity index (χ0) is 18.7. The van der Waals surface area contributed by atoms with Gasteiger partial charge in [-0.15, -0.1) is 0 Å². The van der Waals surface area contributed by atoms with Crippen LogP contribution in [0.3, 0.4) is 0 Å². The van der Waals surface area contributed by atoms with Crippen LogP contribution in [0.4, 0.5) is 5.82 Å². The van der Waals surface area contributed by atoms with Crippen LogP contribution in [0.5, 0.6) is 0 Å². The van der Waals surface area contributed by atoms with Gasteiger partial charge in [0.05, 0.1) is 22.9 Å². The number of anilines is 1. The van der Waals surface area contributed by atoms with Crippen LogP contribution in [-0.2, 0) is 17.9 Å².